The summed E-state index contributed by atoms with van der Waals surface area (Å²) in [4.78, 5) is 24.5. The fourth-order valence-corrected chi connectivity index (χ4v) is 3.04. The summed E-state index contributed by atoms with van der Waals surface area (Å²) in [5.41, 5.74) is 5.98. The smallest absolute Gasteiger partial charge is 0.244 e. The van der Waals surface area contributed by atoms with Gasteiger partial charge in [0.2, 0.25) is 11.8 Å². The molecule has 28 heavy (non-hydrogen) atoms. The van der Waals surface area contributed by atoms with Crippen LogP contribution in [-0.2, 0) is 9.59 Å². The Balaban J connectivity index is 1.54. The van der Waals surface area contributed by atoms with E-state index in [-0.39, 0.29) is 24.3 Å². The number of benzene rings is 2. The van der Waals surface area contributed by atoms with Gasteiger partial charge in [-0.2, -0.15) is 0 Å². The number of hydrazine groups is 1. The van der Waals surface area contributed by atoms with Crippen molar-refractivity contribution in [2.24, 2.45) is 0 Å². The number of carbonyl (C=O) groups is 2. The Kier molecular flexibility index (Phi) is 6.32. The molecule has 0 spiro atoms. The molecule has 0 saturated heterocycles. The van der Waals surface area contributed by atoms with Crippen LogP contribution in [0.1, 0.15) is 36.9 Å². The second kappa shape index (κ2) is 9.08. The van der Waals surface area contributed by atoms with Gasteiger partial charge < -0.3 is 10.1 Å². The van der Waals surface area contributed by atoms with Crippen molar-refractivity contribution in [2.45, 2.75) is 25.8 Å². The number of rotatable bonds is 7. The lowest BCUT2D eigenvalue weighted by Gasteiger charge is -2.29. The maximum atomic E-state index is 12.3. The molecule has 2 aromatic carbocycles. The quantitative estimate of drug-likeness (QED) is 0.776. The predicted molar refractivity (Wildman–Crippen MR) is 108 cm³/mol. The van der Waals surface area contributed by atoms with Crippen LogP contribution in [0, 0.1) is 0 Å². The Bertz CT molecular complexity index is 847. The predicted octanol–water partition coefficient (Wildman–Crippen LogP) is 3.04. The normalized spacial score (nSPS) is 14.7. The molecule has 3 rings (SSSR count). The van der Waals surface area contributed by atoms with E-state index in [1.54, 1.807) is 7.11 Å². The lowest BCUT2D eigenvalue weighted by Crippen LogP contribution is -2.46. The number of nitrogens with one attached hydrogen (secondary N) is 2. The van der Waals surface area contributed by atoms with Gasteiger partial charge in [-0.05, 0) is 48.4 Å². The van der Waals surface area contributed by atoms with Crippen molar-refractivity contribution < 1.29 is 14.3 Å². The van der Waals surface area contributed by atoms with Crippen LogP contribution in [0.3, 0.4) is 0 Å². The fraction of sp³-hybridized carbons (Fsp3) is 0.273. The lowest BCUT2D eigenvalue weighted by molar-refractivity contribution is -0.133. The number of hydrogen-bond donors (Lipinski definition) is 2. The van der Waals surface area contributed by atoms with Crippen molar-refractivity contribution in [3.8, 4) is 5.75 Å². The van der Waals surface area contributed by atoms with Gasteiger partial charge in [-0.1, -0.05) is 30.3 Å². The molecule has 2 N–H and O–H groups in total. The first-order valence-electron chi connectivity index (χ1n) is 9.32. The molecule has 0 bridgehead atoms. The summed E-state index contributed by atoms with van der Waals surface area (Å²) in [6, 6.07) is 17.3. The summed E-state index contributed by atoms with van der Waals surface area (Å²) in [6.07, 6.45) is 2.39. The highest BCUT2D eigenvalue weighted by Gasteiger charge is 2.21. The third kappa shape index (κ3) is 4.91. The van der Waals surface area contributed by atoms with Crippen LogP contribution in [0.2, 0.25) is 0 Å². The Morgan fingerprint density at radius 3 is 2.57 bits per heavy atom. The van der Waals surface area contributed by atoms with E-state index in [1.165, 1.54) is 5.01 Å². The molecule has 1 aliphatic rings. The summed E-state index contributed by atoms with van der Waals surface area (Å²) >= 11 is 0. The molecule has 146 valence electrons. The van der Waals surface area contributed by atoms with Crippen LogP contribution in [0.15, 0.2) is 60.7 Å². The van der Waals surface area contributed by atoms with E-state index in [4.69, 9.17) is 4.74 Å². The Labute approximate surface area is 165 Å². The van der Waals surface area contributed by atoms with E-state index >= 15 is 0 Å². The molecule has 0 aromatic heterocycles. The van der Waals surface area contributed by atoms with Gasteiger partial charge in [0.05, 0.1) is 25.4 Å². The average molecular weight is 379 g/mol. The molecule has 1 aliphatic heterocycles. The van der Waals surface area contributed by atoms with Crippen molar-refractivity contribution >= 4 is 17.5 Å². The number of methoxy groups -OCH3 is 1. The number of carbonyl (C=O) groups excluding carboxylic acids is 2. The minimum Gasteiger partial charge on any atom is -0.497 e. The highest BCUT2D eigenvalue weighted by atomic mass is 16.5. The zero-order chi connectivity index (χ0) is 19.9. The minimum atomic E-state index is -0.0912. The molecule has 2 aromatic rings. The molecule has 1 atom stereocenters. The third-order valence-corrected chi connectivity index (χ3v) is 4.68. The molecule has 6 nitrogen and oxygen atoms in total. The van der Waals surface area contributed by atoms with Crippen molar-refractivity contribution in [3.63, 3.8) is 0 Å². The van der Waals surface area contributed by atoms with Gasteiger partial charge in [0.1, 0.15) is 5.75 Å². The standard InChI is InChI=1S/C22H25N3O3/c1-16(17-6-4-3-5-7-17)23-21(26)14-15-25-22(27)13-12-20(24-25)18-8-10-19(28-2)11-9-18/h3-12,16,24H,13-15H2,1-2H3,(H,23,26). The summed E-state index contributed by atoms with van der Waals surface area (Å²) in [5, 5.41) is 4.48. The Morgan fingerprint density at radius 2 is 1.89 bits per heavy atom. The molecule has 2 amide bonds. The van der Waals surface area contributed by atoms with Gasteiger partial charge in [0, 0.05) is 12.8 Å². The first kappa shape index (κ1) is 19.5. The van der Waals surface area contributed by atoms with Crippen molar-refractivity contribution in [1.29, 1.82) is 0 Å². The summed E-state index contributed by atoms with van der Waals surface area (Å²) in [5.74, 6) is 0.630. The highest BCUT2D eigenvalue weighted by molar-refractivity contribution is 5.84. The largest absolute Gasteiger partial charge is 0.497 e. The molecular formula is C22H25N3O3. The molecule has 0 aliphatic carbocycles. The molecule has 1 heterocycles. The number of nitrogens with zero attached hydrogens (tertiary/aromatic N) is 1. The molecule has 6 heteroatoms. The van der Waals surface area contributed by atoms with Crippen LogP contribution in [0.4, 0.5) is 0 Å². The Morgan fingerprint density at radius 1 is 1.18 bits per heavy atom. The van der Waals surface area contributed by atoms with E-state index < -0.39 is 0 Å². The third-order valence-electron chi connectivity index (χ3n) is 4.68. The first-order chi connectivity index (χ1) is 13.6. The van der Waals surface area contributed by atoms with E-state index in [1.807, 2.05) is 67.6 Å². The van der Waals surface area contributed by atoms with Crippen molar-refractivity contribution in [3.05, 3.63) is 71.8 Å². The maximum Gasteiger partial charge on any atom is 0.244 e. The van der Waals surface area contributed by atoms with Gasteiger partial charge in [0.15, 0.2) is 0 Å². The number of ether oxygens (including phenoxy) is 1. The van der Waals surface area contributed by atoms with E-state index in [0.29, 0.717) is 13.0 Å². The second-order valence-electron chi connectivity index (χ2n) is 6.66. The zero-order valence-electron chi connectivity index (χ0n) is 16.1. The monoisotopic (exact) mass is 379 g/mol. The SMILES string of the molecule is COc1ccc(C2=CCC(=O)N(CCC(=O)NC(C)c3ccccc3)N2)cc1. The van der Waals surface area contributed by atoms with Gasteiger partial charge in [0.25, 0.3) is 0 Å². The molecule has 1 unspecified atom stereocenters. The Hall–Kier alpha value is -3.28. The highest BCUT2D eigenvalue weighted by Crippen LogP contribution is 2.20. The number of amides is 2. The van der Waals surface area contributed by atoms with Crippen LogP contribution < -0.4 is 15.5 Å². The van der Waals surface area contributed by atoms with Crippen LogP contribution in [0.25, 0.3) is 5.70 Å². The van der Waals surface area contributed by atoms with E-state index in [9.17, 15) is 9.59 Å². The molecule has 0 radical (unpaired) electrons. The first-order valence-corrected chi connectivity index (χ1v) is 9.32. The second-order valence-corrected chi connectivity index (χ2v) is 6.66. The van der Waals surface area contributed by atoms with E-state index in [0.717, 1.165) is 22.6 Å². The summed E-state index contributed by atoms with van der Waals surface area (Å²) in [6.45, 7) is 2.25. The van der Waals surface area contributed by atoms with Crippen molar-refractivity contribution in [1.82, 2.24) is 15.8 Å². The maximum absolute atomic E-state index is 12.3. The van der Waals surface area contributed by atoms with E-state index in [2.05, 4.69) is 10.7 Å². The fourth-order valence-electron chi connectivity index (χ4n) is 3.04. The van der Waals surface area contributed by atoms with Gasteiger partial charge in [-0.15, -0.1) is 0 Å². The molecule has 0 fully saturated rings. The van der Waals surface area contributed by atoms with Gasteiger partial charge >= 0.3 is 0 Å². The molecule has 0 saturated carbocycles. The van der Waals surface area contributed by atoms with Crippen LogP contribution in [-0.4, -0.2) is 30.5 Å². The topological polar surface area (TPSA) is 70.7 Å². The lowest BCUT2D eigenvalue weighted by atomic mass is 10.1. The average Bonchev–Trinajstić information content (AvgIpc) is 2.74. The van der Waals surface area contributed by atoms with Crippen LogP contribution >= 0.6 is 0 Å². The molecular weight excluding hydrogens is 354 g/mol. The zero-order valence-corrected chi connectivity index (χ0v) is 16.1. The van der Waals surface area contributed by atoms with Crippen molar-refractivity contribution in [2.75, 3.05) is 13.7 Å². The van der Waals surface area contributed by atoms with Crippen LogP contribution in [0.5, 0.6) is 5.75 Å². The van der Waals surface area contributed by atoms with Gasteiger partial charge in [-0.25, -0.2) is 0 Å². The van der Waals surface area contributed by atoms with Gasteiger partial charge in [-0.3, -0.25) is 20.0 Å². The number of hydrogen-bond acceptors (Lipinski definition) is 4. The summed E-state index contributed by atoms with van der Waals surface area (Å²) < 4.78 is 5.17. The minimum absolute atomic E-state index is 0.0545. The summed E-state index contributed by atoms with van der Waals surface area (Å²) in [7, 11) is 1.62.